The number of aryl methyl sites for hydroxylation is 5. The Morgan fingerprint density at radius 2 is 1.09 bits per heavy atom. The summed E-state index contributed by atoms with van der Waals surface area (Å²) in [6, 6.07) is 20.1. The molecule has 0 saturated carbocycles. The van der Waals surface area contributed by atoms with Crippen LogP contribution in [0, 0.1) is 34.6 Å². The minimum absolute atomic E-state index is 0.135. The summed E-state index contributed by atoms with van der Waals surface area (Å²) in [5, 5.41) is 32.2. The first-order valence-electron chi connectivity index (χ1n) is 11.1. The van der Waals surface area contributed by atoms with Crippen LogP contribution in [0.25, 0.3) is 0 Å². The van der Waals surface area contributed by atoms with Crippen molar-refractivity contribution in [3.63, 3.8) is 0 Å². The number of benzene rings is 4. The van der Waals surface area contributed by atoms with E-state index >= 15 is 0 Å². The predicted octanol–water partition coefficient (Wildman–Crippen LogP) is 7.61. The molecule has 0 saturated heterocycles. The van der Waals surface area contributed by atoms with Gasteiger partial charge in [0.25, 0.3) is 0 Å². The molecule has 34 heavy (non-hydrogen) atoms. The van der Waals surface area contributed by atoms with Gasteiger partial charge in [-0.05, 0) is 92.8 Å². The first-order chi connectivity index (χ1) is 16.2. The molecule has 0 aliphatic heterocycles. The quantitative estimate of drug-likeness (QED) is 0.289. The van der Waals surface area contributed by atoms with E-state index in [0.29, 0.717) is 28.6 Å². The molecule has 0 unspecified atom stereocenters. The fourth-order valence-electron chi connectivity index (χ4n) is 4.07. The number of nitrogens with zero attached hydrogens (tertiary/aromatic N) is 1. The van der Waals surface area contributed by atoms with Gasteiger partial charge in [-0.2, -0.15) is 0 Å². The molecule has 4 aromatic rings. The first kappa shape index (κ1) is 23.1. The van der Waals surface area contributed by atoms with Crippen molar-refractivity contribution in [3.05, 3.63) is 94.5 Å². The number of rotatable bonds is 5. The molecule has 0 amide bonds. The molecule has 0 aliphatic carbocycles. The van der Waals surface area contributed by atoms with E-state index in [-0.39, 0.29) is 17.2 Å². The largest absolute Gasteiger partial charge is 0.508 e. The van der Waals surface area contributed by atoms with E-state index in [1.54, 1.807) is 18.2 Å². The monoisotopic (exact) mass is 455 g/mol. The van der Waals surface area contributed by atoms with Gasteiger partial charge in [-0.1, -0.05) is 36.4 Å². The van der Waals surface area contributed by atoms with Crippen LogP contribution in [0.1, 0.15) is 27.8 Å². The number of para-hydroxylation sites is 2. The van der Waals surface area contributed by atoms with Crippen LogP contribution in [-0.4, -0.2) is 15.3 Å². The maximum Gasteiger partial charge on any atom is 0.151 e. The lowest BCUT2D eigenvalue weighted by Gasteiger charge is -2.31. The van der Waals surface area contributed by atoms with Gasteiger partial charge in [0.1, 0.15) is 23.0 Å². The SMILES string of the molecule is Cc1cc(O)ccc1Oc1ccccc1N(c1c(C)ccc(C)c1O)c1c(C)ccc(C)c1O. The van der Waals surface area contributed by atoms with Gasteiger partial charge < -0.3 is 20.1 Å². The Morgan fingerprint density at radius 1 is 0.559 bits per heavy atom. The van der Waals surface area contributed by atoms with Gasteiger partial charge in [-0.25, -0.2) is 0 Å². The van der Waals surface area contributed by atoms with Crippen LogP contribution < -0.4 is 9.64 Å². The Kier molecular flexibility index (Phi) is 6.12. The van der Waals surface area contributed by atoms with Crippen molar-refractivity contribution < 1.29 is 20.1 Å². The normalized spacial score (nSPS) is 10.9. The molecule has 0 fully saturated rings. The van der Waals surface area contributed by atoms with E-state index < -0.39 is 0 Å². The van der Waals surface area contributed by atoms with E-state index in [0.717, 1.165) is 27.8 Å². The van der Waals surface area contributed by atoms with Crippen LogP contribution in [0.5, 0.6) is 28.7 Å². The van der Waals surface area contributed by atoms with E-state index in [4.69, 9.17) is 4.74 Å². The minimum atomic E-state index is 0.135. The summed E-state index contributed by atoms with van der Waals surface area (Å²) >= 11 is 0. The zero-order chi connectivity index (χ0) is 24.6. The van der Waals surface area contributed by atoms with Crippen molar-refractivity contribution in [2.24, 2.45) is 0 Å². The highest BCUT2D eigenvalue weighted by Gasteiger charge is 2.27. The van der Waals surface area contributed by atoms with Gasteiger partial charge in [0.15, 0.2) is 5.75 Å². The maximum absolute atomic E-state index is 11.2. The van der Waals surface area contributed by atoms with E-state index in [1.165, 1.54) is 0 Å². The molecule has 0 bridgehead atoms. The Balaban J connectivity index is 2.01. The second-order valence-corrected chi connectivity index (χ2v) is 8.65. The molecule has 0 aromatic heterocycles. The van der Waals surface area contributed by atoms with Gasteiger partial charge >= 0.3 is 0 Å². The lowest BCUT2D eigenvalue weighted by Crippen LogP contribution is -2.15. The van der Waals surface area contributed by atoms with Crippen molar-refractivity contribution in [1.29, 1.82) is 0 Å². The third-order valence-corrected chi connectivity index (χ3v) is 6.04. The Hall–Kier alpha value is -4.12. The van der Waals surface area contributed by atoms with Crippen LogP contribution in [0.2, 0.25) is 0 Å². The van der Waals surface area contributed by atoms with Crippen LogP contribution >= 0.6 is 0 Å². The Labute approximate surface area is 200 Å². The summed E-state index contributed by atoms with van der Waals surface area (Å²) in [4.78, 5) is 1.86. The molecule has 0 aliphatic rings. The number of hydrogen-bond donors (Lipinski definition) is 3. The second-order valence-electron chi connectivity index (χ2n) is 8.65. The third kappa shape index (κ3) is 4.13. The number of phenolic OH excluding ortho intramolecular Hbond substituents is 3. The predicted molar refractivity (Wildman–Crippen MR) is 136 cm³/mol. The topological polar surface area (TPSA) is 73.2 Å². The summed E-state index contributed by atoms with van der Waals surface area (Å²) in [5.41, 5.74) is 5.72. The van der Waals surface area contributed by atoms with Crippen molar-refractivity contribution >= 4 is 17.1 Å². The van der Waals surface area contributed by atoms with E-state index in [2.05, 4.69) is 0 Å². The standard InChI is InChI=1S/C29H29NO4/c1-17-10-12-19(3)28(32)26(17)30(27-18(2)11-13-20(4)29(27)33)23-8-6-7-9-25(23)34-24-15-14-22(31)16-21(24)5/h6-16,31-33H,1-5H3. The van der Waals surface area contributed by atoms with Gasteiger partial charge in [0.05, 0.1) is 17.1 Å². The summed E-state index contributed by atoms with van der Waals surface area (Å²) in [5.74, 6) is 1.57. The summed E-state index contributed by atoms with van der Waals surface area (Å²) in [7, 11) is 0. The molecule has 4 aromatic carbocycles. The molecule has 4 rings (SSSR count). The Morgan fingerprint density at radius 3 is 1.65 bits per heavy atom. The van der Waals surface area contributed by atoms with Crippen LogP contribution in [0.4, 0.5) is 17.1 Å². The average molecular weight is 456 g/mol. The number of aromatic hydroxyl groups is 3. The molecule has 174 valence electrons. The zero-order valence-electron chi connectivity index (χ0n) is 20.0. The van der Waals surface area contributed by atoms with Crippen molar-refractivity contribution in [1.82, 2.24) is 0 Å². The molecular weight excluding hydrogens is 426 g/mol. The molecule has 0 atom stereocenters. The van der Waals surface area contributed by atoms with E-state index in [1.807, 2.05) is 88.0 Å². The highest BCUT2D eigenvalue weighted by atomic mass is 16.5. The number of phenols is 3. The van der Waals surface area contributed by atoms with Gasteiger partial charge in [-0.3, -0.25) is 4.90 Å². The lowest BCUT2D eigenvalue weighted by atomic mass is 10.0. The Bertz CT molecular complexity index is 1320. The lowest BCUT2D eigenvalue weighted by molar-refractivity contribution is 0.460. The number of hydrogen-bond acceptors (Lipinski definition) is 5. The summed E-state index contributed by atoms with van der Waals surface area (Å²) in [6.07, 6.45) is 0. The smallest absolute Gasteiger partial charge is 0.151 e. The summed E-state index contributed by atoms with van der Waals surface area (Å²) in [6.45, 7) is 9.42. The minimum Gasteiger partial charge on any atom is -0.508 e. The molecule has 5 heteroatoms. The molecular formula is C29H29NO4. The number of anilines is 3. The fraction of sp³-hybridized carbons (Fsp3) is 0.172. The highest BCUT2D eigenvalue weighted by molar-refractivity contribution is 5.89. The zero-order valence-corrected chi connectivity index (χ0v) is 20.0. The number of ether oxygens (including phenoxy) is 1. The second kappa shape index (κ2) is 9.02. The van der Waals surface area contributed by atoms with Gasteiger partial charge in [-0.15, -0.1) is 0 Å². The highest BCUT2D eigenvalue weighted by Crippen LogP contribution is 2.51. The summed E-state index contributed by atoms with van der Waals surface area (Å²) < 4.78 is 6.32. The van der Waals surface area contributed by atoms with Crippen LogP contribution in [0.15, 0.2) is 66.7 Å². The van der Waals surface area contributed by atoms with Gasteiger partial charge in [0.2, 0.25) is 0 Å². The molecule has 5 nitrogen and oxygen atoms in total. The van der Waals surface area contributed by atoms with Crippen molar-refractivity contribution in [2.45, 2.75) is 34.6 Å². The van der Waals surface area contributed by atoms with Crippen molar-refractivity contribution in [3.8, 4) is 28.7 Å². The fourth-order valence-corrected chi connectivity index (χ4v) is 4.07. The average Bonchev–Trinajstić information content (AvgIpc) is 2.80. The third-order valence-electron chi connectivity index (χ3n) is 6.04. The van der Waals surface area contributed by atoms with Crippen molar-refractivity contribution in [2.75, 3.05) is 4.90 Å². The first-order valence-corrected chi connectivity index (χ1v) is 11.1. The molecule has 0 spiro atoms. The molecule has 3 N–H and O–H groups in total. The van der Waals surface area contributed by atoms with E-state index in [9.17, 15) is 15.3 Å². The maximum atomic E-state index is 11.2. The van der Waals surface area contributed by atoms with Gasteiger partial charge in [0, 0.05) is 0 Å². The molecule has 0 heterocycles. The molecule has 0 radical (unpaired) electrons. The van der Waals surface area contributed by atoms with Crippen LogP contribution in [-0.2, 0) is 0 Å². The van der Waals surface area contributed by atoms with Crippen LogP contribution in [0.3, 0.4) is 0 Å².